The Balaban J connectivity index is 2.09. The van der Waals surface area contributed by atoms with E-state index in [0.717, 1.165) is 37.9 Å². The summed E-state index contributed by atoms with van der Waals surface area (Å²) in [5.41, 5.74) is 2.13. The van der Waals surface area contributed by atoms with Crippen molar-refractivity contribution >= 4 is 5.91 Å². The quantitative estimate of drug-likeness (QED) is 0.806. The molecule has 1 saturated heterocycles. The number of nitrogens with zero attached hydrogens (tertiary/aromatic N) is 1. The Hall–Kier alpha value is -1.31. The summed E-state index contributed by atoms with van der Waals surface area (Å²) in [4.78, 5) is 14.5. The Morgan fingerprint density at radius 2 is 1.84 bits per heavy atom. The first-order valence-corrected chi connectivity index (χ1v) is 7.55. The van der Waals surface area contributed by atoms with Gasteiger partial charge in [0.15, 0.2) is 0 Å². The van der Waals surface area contributed by atoms with Crippen molar-refractivity contribution in [3.63, 3.8) is 0 Å². The van der Waals surface area contributed by atoms with Crippen molar-refractivity contribution in [1.29, 1.82) is 0 Å². The molecule has 0 aromatic heterocycles. The van der Waals surface area contributed by atoms with Crippen LogP contribution in [0.4, 0.5) is 0 Å². The van der Waals surface area contributed by atoms with E-state index in [2.05, 4.69) is 26.0 Å². The highest BCUT2D eigenvalue weighted by Gasteiger charge is 2.17. The van der Waals surface area contributed by atoms with Gasteiger partial charge in [0.25, 0.3) is 5.91 Å². The first kappa shape index (κ1) is 14.1. The Labute approximate surface area is 116 Å². The van der Waals surface area contributed by atoms with E-state index in [9.17, 15) is 4.79 Å². The van der Waals surface area contributed by atoms with Crippen LogP contribution < -0.4 is 0 Å². The first-order chi connectivity index (χ1) is 9.16. The zero-order valence-electron chi connectivity index (χ0n) is 12.2. The smallest absolute Gasteiger partial charge is 0.253 e. The second-order valence-corrected chi connectivity index (χ2v) is 6.00. The number of hydrogen-bond donors (Lipinski definition) is 0. The summed E-state index contributed by atoms with van der Waals surface area (Å²) >= 11 is 0. The van der Waals surface area contributed by atoms with E-state index in [0.29, 0.717) is 5.92 Å². The van der Waals surface area contributed by atoms with Crippen LogP contribution in [0.1, 0.15) is 55.5 Å². The Morgan fingerprint density at radius 3 is 2.47 bits per heavy atom. The van der Waals surface area contributed by atoms with Crippen LogP contribution in [0.2, 0.25) is 0 Å². The molecule has 0 unspecified atom stereocenters. The molecule has 2 heteroatoms. The zero-order chi connectivity index (χ0) is 13.7. The molecule has 0 atom stereocenters. The molecule has 1 aliphatic heterocycles. The molecule has 1 amide bonds. The van der Waals surface area contributed by atoms with Crippen molar-refractivity contribution < 1.29 is 4.79 Å². The average molecular weight is 259 g/mol. The minimum Gasteiger partial charge on any atom is -0.339 e. The van der Waals surface area contributed by atoms with Crippen LogP contribution in [0.3, 0.4) is 0 Å². The summed E-state index contributed by atoms with van der Waals surface area (Å²) in [5.74, 6) is 0.844. The van der Waals surface area contributed by atoms with Gasteiger partial charge in [0.2, 0.25) is 0 Å². The predicted octanol–water partition coefficient (Wildman–Crippen LogP) is 3.90. The molecule has 0 saturated carbocycles. The highest BCUT2D eigenvalue weighted by molar-refractivity contribution is 5.94. The lowest BCUT2D eigenvalue weighted by molar-refractivity contribution is 0.0761. The highest BCUT2D eigenvalue weighted by atomic mass is 16.2. The van der Waals surface area contributed by atoms with Gasteiger partial charge >= 0.3 is 0 Å². The molecule has 1 aromatic carbocycles. The SMILES string of the molecule is CC(C)Cc1cccc(C(=O)N2CCCCCC2)c1. The van der Waals surface area contributed by atoms with Crippen molar-refractivity contribution in [1.82, 2.24) is 4.90 Å². The molecule has 104 valence electrons. The molecule has 2 rings (SSSR count). The summed E-state index contributed by atoms with van der Waals surface area (Å²) in [6.45, 7) is 6.27. The molecule has 0 spiro atoms. The molecule has 1 aliphatic rings. The second kappa shape index (κ2) is 6.74. The van der Waals surface area contributed by atoms with E-state index in [4.69, 9.17) is 0 Å². The highest BCUT2D eigenvalue weighted by Crippen LogP contribution is 2.16. The van der Waals surface area contributed by atoms with Crippen LogP contribution in [0, 0.1) is 5.92 Å². The van der Waals surface area contributed by atoms with E-state index in [1.165, 1.54) is 18.4 Å². The Kier molecular flexibility index (Phi) is 5.00. The third-order valence-electron chi connectivity index (χ3n) is 3.71. The maximum absolute atomic E-state index is 12.5. The van der Waals surface area contributed by atoms with Crippen LogP contribution in [0.15, 0.2) is 24.3 Å². The minimum absolute atomic E-state index is 0.215. The topological polar surface area (TPSA) is 20.3 Å². The van der Waals surface area contributed by atoms with E-state index < -0.39 is 0 Å². The summed E-state index contributed by atoms with van der Waals surface area (Å²) in [5, 5.41) is 0. The molecule has 0 bridgehead atoms. The van der Waals surface area contributed by atoms with Crippen molar-refractivity contribution in [2.45, 2.75) is 46.0 Å². The molecule has 2 nitrogen and oxygen atoms in total. The van der Waals surface area contributed by atoms with E-state index in [-0.39, 0.29) is 5.91 Å². The maximum atomic E-state index is 12.5. The van der Waals surface area contributed by atoms with Crippen LogP contribution in [0.5, 0.6) is 0 Å². The molecule has 0 aliphatic carbocycles. The molecular weight excluding hydrogens is 234 g/mol. The van der Waals surface area contributed by atoms with Crippen LogP contribution in [-0.4, -0.2) is 23.9 Å². The van der Waals surface area contributed by atoms with Crippen molar-refractivity contribution in [2.24, 2.45) is 5.92 Å². The third kappa shape index (κ3) is 4.09. The second-order valence-electron chi connectivity index (χ2n) is 6.00. The lowest BCUT2D eigenvalue weighted by Gasteiger charge is -2.20. The normalized spacial score (nSPS) is 16.5. The number of carbonyl (C=O) groups is 1. The number of amides is 1. The summed E-state index contributed by atoms with van der Waals surface area (Å²) < 4.78 is 0. The zero-order valence-corrected chi connectivity index (χ0v) is 12.2. The lowest BCUT2D eigenvalue weighted by atomic mass is 10.0. The van der Waals surface area contributed by atoms with Crippen molar-refractivity contribution in [3.05, 3.63) is 35.4 Å². The fourth-order valence-corrected chi connectivity index (χ4v) is 2.76. The van der Waals surface area contributed by atoms with Crippen LogP contribution >= 0.6 is 0 Å². The summed E-state index contributed by atoms with van der Waals surface area (Å²) in [7, 11) is 0. The summed E-state index contributed by atoms with van der Waals surface area (Å²) in [6.07, 6.45) is 5.87. The number of hydrogen-bond acceptors (Lipinski definition) is 1. The molecule has 1 fully saturated rings. The summed E-state index contributed by atoms with van der Waals surface area (Å²) in [6, 6.07) is 8.17. The van der Waals surface area contributed by atoms with Gasteiger partial charge in [-0.05, 0) is 42.9 Å². The van der Waals surface area contributed by atoms with Gasteiger partial charge in [-0.3, -0.25) is 4.79 Å². The number of likely N-dealkylation sites (tertiary alicyclic amines) is 1. The van der Waals surface area contributed by atoms with E-state index >= 15 is 0 Å². The van der Waals surface area contributed by atoms with Gasteiger partial charge in [0.1, 0.15) is 0 Å². The van der Waals surface area contributed by atoms with Crippen molar-refractivity contribution in [3.8, 4) is 0 Å². The maximum Gasteiger partial charge on any atom is 0.253 e. The molecular formula is C17H25NO. The predicted molar refractivity (Wildman–Crippen MR) is 79.4 cm³/mol. The number of carbonyl (C=O) groups excluding carboxylic acids is 1. The standard InChI is InChI=1S/C17H25NO/c1-14(2)12-15-8-7-9-16(13-15)17(19)18-10-5-3-4-6-11-18/h7-9,13-14H,3-6,10-12H2,1-2H3. The van der Waals surface area contributed by atoms with Gasteiger partial charge in [-0.2, -0.15) is 0 Å². The van der Waals surface area contributed by atoms with E-state index in [1.54, 1.807) is 0 Å². The fourth-order valence-electron chi connectivity index (χ4n) is 2.76. The molecule has 19 heavy (non-hydrogen) atoms. The number of rotatable bonds is 3. The first-order valence-electron chi connectivity index (χ1n) is 7.55. The van der Waals surface area contributed by atoms with Gasteiger partial charge in [0.05, 0.1) is 0 Å². The lowest BCUT2D eigenvalue weighted by Crippen LogP contribution is -2.31. The molecule has 0 N–H and O–H groups in total. The minimum atomic E-state index is 0.215. The monoisotopic (exact) mass is 259 g/mol. The van der Waals surface area contributed by atoms with E-state index in [1.807, 2.05) is 17.0 Å². The van der Waals surface area contributed by atoms with Gasteiger partial charge in [-0.15, -0.1) is 0 Å². The molecule has 0 radical (unpaired) electrons. The van der Waals surface area contributed by atoms with Gasteiger partial charge in [-0.1, -0.05) is 38.8 Å². The number of benzene rings is 1. The third-order valence-corrected chi connectivity index (χ3v) is 3.71. The van der Waals surface area contributed by atoms with Crippen LogP contribution in [0.25, 0.3) is 0 Å². The Morgan fingerprint density at radius 1 is 1.16 bits per heavy atom. The fraction of sp³-hybridized carbons (Fsp3) is 0.588. The average Bonchev–Trinajstić information content (AvgIpc) is 2.66. The van der Waals surface area contributed by atoms with Gasteiger partial charge in [0, 0.05) is 18.7 Å². The Bertz CT molecular complexity index is 417. The van der Waals surface area contributed by atoms with Crippen LogP contribution in [-0.2, 0) is 6.42 Å². The largest absolute Gasteiger partial charge is 0.339 e. The van der Waals surface area contributed by atoms with Crippen molar-refractivity contribution in [2.75, 3.05) is 13.1 Å². The molecule has 1 aromatic rings. The van der Waals surface area contributed by atoms with Gasteiger partial charge in [-0.25, -0.2) is 0 Å². The van der Waals surface area contributed by atoms with Gasteiger partial charge < -0.3 is 4.90 Å². The molecule has 1 heterocycles.